The molecule has 0 spiro atoms. The van der Waals surface area contributed by atoms with Gasteiger partial charge in [-0.1, -0.05) is 6.07 Å². The minimum Gasteiger partial charge on any atom is -0.496 e. The molecule has 1 aromatic carbocycles. The third-order valence-electron chi connectivity index (χ3n) is 3.29. The highest BCUT2D eigenvalue weighted by molar-refractivity contribution is 5.68. The number of methoxy groups -OCH3 is 1. The lowest BCUT2D eigenvalue weighted by Gasteiger charge is -2.23. The van der Waals surface area contributed by atoms with Gasteiger partial charge in [-0.15, -0.1) is 0 Å². The molecule has 4 nitrogen and oxygen atoms in total. The van der Waals surface area contributed by atoms with Gasteiger partial charge >= 0.3 is 5.97 Å². The minimum atomic E-state index is -0.785. The molecule has 0 saturated carbocycles. The number of hydrogen-bond donors (Lipinski definition) is 1. The van der Waals surface area contributed by atoms with Crippen molar-refractivity contribution in [3.63, 3.8) is 0 Å². The zero-order chi connectivity index (χ0) is 14.6. The molecule has 19 heavy (non-hydrogen) atoms. The molecule has 0 aliphatic carbocycles. The summed E-state index contributed by atoms with van der Waals surface area (Å²) in [6.45, 7) is 4.75. The van der Waals surface area contributed by atoms with Crippen LogP contribution in [0.15, 0.2) is 12.1 Å². The predicted molar refractivity (Wildman–Crippen MR) is 76.0 cm³/mol. The van der Waals surface area contributed by atoms with Crippen LogP contribution in [0.4, 0.5) is 0 Å². The lowest BCUT2D eigenvalue weighted by Crippen LogP contribution is -2.23. The second-order valence-corrected chi connectivity index (χ2v) is 5.24. The zero-order valence-electron chi connectivity index (χ0n) is 12.4. The van der Waals surface area contributed by atoms with Crippen molar-refractivity contribution in [2.75, 3.05) is 27.7 Å². The summed E-state index contributed by atoms with van der Waals surface area (Å²) in [7, 11) is 5.52. The summed E-state index contributed by atoms with van der Waals surface area (Å²) in [4.78, 5) is 13.1. The number of carboxylic acid groups (broad SMARTS) is 1. The van der Waals surface area contributed by atoms with Crippen LogP contribution in [0.3, 0.4) is 0 Å². The fourth-order valence-corrected chi connectivity index (χ4v) is 2.23. The molecule has 1 unspecified atom stereocenters. The number of ether oxygens (including phenoxy) is 1. The number of rotatable bonds is 6. The Kier molecular flexibility index (Phi) is 5.36. The molecule has 0 bridgehead atoms. The summed E-state index contributed by atoms with van der Waals surface area (Å²) >= 11 is 0. The van der Waals surface area contributed by atoms with Crippen molar-refractivity contribution in [3.05, 3.63) is 28.8 Å². The van der Waals surface area contributed by atoms with E-state index in [2.05, 4.69) is 0 Å². The molecule has 1 rings (SSSR count). The van der Waals surface area contributed by atoms with Crippen LogP contribution in [0.1, 0.15) is 29.0 Å². The molecule has 106 valence electrons. The number of aryl methyl sites for hydroxylation is 2. The van der Waals surface area contributed by atoms with Crippen molar-refractivity contribution in [2.24, 2.45) is 0 Å². The first-order valence-electron chi connectivity index (χ1n) is 6.36. The van der Waals surface area contributed by atoms with E-state index in [1.54, 1.807) is 7.11 Å². The molecular weight excluding hydrogens is 242 g/mol. The largest absolute Gasteiger partial charge is 0.496 e. The van der Waals surface area contributed by atoms with Gasteiger partial charge in [0.25, 0.3) is 0 Å². The maximum atomic E-state index is 11.1. The molecule has 1 atom stereocenters. The Morgan fingerprint density at radius 1 is 1.32 bits per heavy atom. The molecule has 0 radical (unpaired) electrons. The van der Waals surface area contributed by atoms with Gasteiger partial charge in [0.1, 0.15) is 5.75 Å². The SMILES string of the molecule is COc1cc(C)c(C)cc1C(CC(=O)O)CN(C)C. The van der Waals surface area contributed by atoms with Crippen LogP contribution in [-0.4, -0.2) is 43.7 Å². The maximum absolute atomic E-state index is 11.1. The van der Waals surface area contributed by atoms with Gasteiger partial charge in [0.2, 0.25) is 0 Å². The summed E-state index contributed by atoms with van der Waals surface area (Å²) in [5.41, 5.74) is 3.28. The number of likely N-dealkylation sites (N-methyl/N-ethyl adjacent to an activating group) is 1. The van der Waals surface area contributed by atoms with E-state index in [1.807, 2.05) is 45.0 Å². The van der Waals surface area contributed by atoms with Crippen molar-refractivity contribution in [3.8, 4) is 5.75 Å². The Morgan fingerprint density at radius 3 is 2.37 bits per heavy atom. The number of hydrogen-bond acceptors (Lipinski definition) is 3. The molecule has 1 N–H and O–H groups in total. The van der Waals surface area contributed by atoms with Crippen LogP contribution in [-0.2, 0) is 4.79 Å². The summed E-state index contributed by atoms with van der Waals surface area (Å²) in [5.74, 6) is -0.0786. The average molecular weight is 265 g/mol. The van der Waals surface area contributed by atoms with Crippen molar-refractivity contribution in [2.45, 2.75) is 26.2 Å². The third kappa shape index (κ3) is 4.24. The van der Waals surface area contributed by atoms with Crippen molar-refractivity contribution >= 4 is 5.97 Å². The van der Waals surface area contributed by atoms with Gasteiger partial charge in [-0.25, -0.2) is 0 Å². The fourth-order valence-electron chi connectivity index (χ4n) is 2.23. The minimum absolute atomic E-state index is 0.0678. The lowest BCUT2D eigenvalue weighted by molar-refractivity contribution is -0.137. The molecular formula is C15H23NO3. The summed E-state index contributed by atoms with van der Waals surface area (Å²) in [6, 6.07) is 4.03. The Hall–Kier alpha value is -1.55. The summed E-state index contributed by atoms with van der Waals surface area (Å²) in [6.07, 6.45) is 0.108. The smallest absolute Gasteiger partial charge is 0.304 e. The maximum Gasteiger partial charge on any atom is 0.304 e. The normalized spacial score (nSPS) is 12.5. The van der Waals surface area contributed by atoms with Crippen LogP contribution >= 0.6 is 0 Å². The summed E-state index contributed by atoms with van der Waals surface area (Å²) in [5, 5.41) is 9.09. The highest BCUT2D eigenvalue weighted by Gasteiger charge is 2.21. The Morgan fingerprint density at radius 2 is 1.89 bits per heavy atom. The Balaban J connectivity index is 3.19. The standard InChI is InChI=1S/C15H23NO3/c1-10-6-13(14(19-5)7-11(10)2)12(8-15(17)18)9-16(3)4/h6-7,12H,8-9H2,1-5H3,(H,17,18). The topological polar surface area (TPSA) is 49.8 Å². The van der Waals surface area contributed by atoms with Crippen molar-refractivity contribution in [1.82, 2.24) is 4.90 Å². The molecule has 0 amide bonds. The van der Waals surface area contributed by atoms with E-state index in [9.17, 15) is 4.79 Å². The first-order valence-corrected chi connectivity index (χ1v) is 6.36. The van der Waals surface area contributed by atoms with Gasteiger partial charge in [-0.3, -0.25) is 4.79 Å². The van der Waals surface area contributed by atoms with Gasteiger partial charge in [-0.2, -0.15) is 0 Å². The molecule has 0 aliphatic rings. The average Bonchev–Trinajstić information content (AvgIpc) is 2.30. The first-order chi connectivity index (χ1) is 8.85. The van der Waals surface area contributed by atoms with E-state index in [4.69, 9.17) is 9.84 Å². The van der Waals surface area contributed by atoms with E-state index in [0.717, 1.165) is 22.4 Å². The Bertz CT molecular complexity index is 455. The quantitative estimate of drug-likeness (QED) is 0.858. The van der Waals surface area contributed by atoms with Crippen LogP contribution in [0.5, 0.6) is 5.75 Å². The first kappa shape index (κ1) is 15.5. The number of benzene rings is 1. The third-order valence-corrected chi connectivity index (χ3v) is 3.29. The van der Waals surface area contributed by atoms with Crippen molar-refractivity contribution in [1.29, 1.82) is 0 Å². The van der Waals surface area contributed by atoms with Gasteiger partial charge in [0.15, 0.2) is 0 Å². The highest BCUT2D eigenvalue weighted by Crippen LogP contribution is 2.32. The molecule has 0 aliphatic heterocycles. The lowest BCUT2D eigenvalue weighted by atomic mass is 9.91. The molecule has 4 heteroatoms. The molecule has 0 saturated heterocycles. The number of carboxylic acids is 1. The monoisotopic (exact) mass is 265 g/mol. The van der Waals surface area contributed by atoms with Gasteiger partial charge in [0.05, 0.1) is 13.5 Å². The summed E-state index contributed by atoms with van der Waals surface area (Å²) < 4.78 is 5.41. The number of nitrogens with zero attached hydrogens (tertiary/aromatic N) is 1. The fraction of sp³-hybridized carbons (Fsp3) is 0.533. The molecule has 0 fully saturated rings. The number of aliphatic carboxylic acids is 1. The molecule has 0 aromatic heterocycles. The van der Waals surface area contributed by atoms with Crippen LogP contribution in [0.2, 0.25) is 0 Å². The van der Waals surface area contributed by atoms with Gasteiger partial charge in [-0.05, 0) is 50.7 Å². The van der Waals surface area contributed by atoms with Crippen molar-refractivity contribution < 1.29 is 14.6 Å². The van der Waals surface area contributed by atoms with Crippen LogP contribution in [0.25, 0.3) is 0 Å². The Labute approximate surface area is 115 Å². The van der Waals surface area contributed by atoms with Crippen LogP contribution in [0, 0.1) is 13.8 Å². The van der Waals surface area contributed by atoms with Gasteiger partial charge < -0.3 is 14.7 Å². The van der Waals surface area contributed by atoms with E-state index < -0.39 is 5.97 Å². The van der Waals surface area contributed by atoms with E-state index in [-0.39, 0.29) is 12.3 Å². The molecule has 1 aromatic rings. The second kappa shape index (κ2) is 6.57. The van der Waals surface area contributed by atoms with Crippen LogP contribution < -0.4 is 4.74 Å². The molecule has 0 heterocycles. The van der Waals surface area contributed by atoms with Gasteiger partial charge in [0, 0.05) is 12.5 Å². The van der Waals surface area contributed by atoms with E-state index in [0.29, 0.717) is 6.54 Å². The van der Waals surface area contributed by atoms with E-state index in [1.165, 1.54) is 0 Å². The predicted octanol–water partition coefficient (Wildman–Crippen LogP) is 2.43. The second-order valence-electron chi connectivity index (χ2n) is 5.24. The number of carbonyl (C=O) groups is 1. The highest BCUT2D eigenvalue weighted by atomic mass is 16.5. The van der Waals surface area contributed by atoms with E-state index >= 15 is 0 Å². The zero-order valence-corrected chi connectivity index (χ0v) is 12.4.